The van der Waals surface area contributed by atoms with E-state index in [2.05, 4.69) is 0 Å². The Kier molecular flexibility index (Phi) is 3.58. The number of hydrogen-bond acceptors (Lipinski definition) is 3. The summed E-state index contributed by atoms with van der Waals surface area (Å²) in [7, 11) is 1.61. The van der Waals surface area contributed by atoms with Crippen LogP contribution in [0.2, 0.25) is 0 Å². The zero-order chi connectivity index (χ0) is 9.68. The quantitative estimate of drug-likeness (QED) is 0.725. The van der Waals surface area contributed by atoms with Crippen LogP contribution in [0.15, 0.2) is 24.3 Å². The molecule has 72 valence electrons. The van der Waals surface area contributed by atoms with Crippen LogP contribution in [0, 0.1) is 0 Å². The average Bonchev–Trinajstić information content (AvgIpc) is 2.17. The number of hydrogen-bond donors (Lipinski definition) is 1. The predicted octanol–water partition coefficient (Wildman–Crippen LogP) is 2.15. The summed E-state index contributed by atoms with van der Waals surface area (Å²) in [5.41, 5.74) is 0. The molecular weight excluding hydrogens is 168 g/mol. The summed E-state index contributed by atoms with van der Waals surface area (Å²) in [5, 5.41) is 9.02. The van der Waals surface area contributed by atoms with Gasteiger partial charge in [-0.25, -0.2) is 0 Å². The van der Waals surface area contributed by atoms with Crippen molar-refractivity contribution >= 4 is 0 Å². The molecule has 1 N–H and O–H groups in total. The van der Waals surface area contributed by atoms with Crippen LogP contribution in [0.5, 0.6) is 11.5 Å². The summed E-state index contributed by atoms with van der Waals surface area (Å²) in [6.45, 7) is 1.98. The second-order valence-corrected chi connectivity index (χ2v) is 2.69. The number of methoxy groups -OCH3 is 1. The Balaban J connectivity index is 2.58. The van der Waals surface area contributed by atoms with Gasteiger partial charge >= 0.3 is 0 Å². The fraction of sp³-hybridized carbons (Fsp3) is 0.400. The molecule has 0 aliphatic heterocycles. The van der Waals surface area contributed by atoms with E-state index in [1.165, 1.54) is 0 Å². The summed E-state index contributed by atoms with van der Waals surface area (Å²) in [5.74, 6) is 0.935. The van der Waals surface area contributed by atoms with Crippen molar-refractivity contribution in [3.05, 3.63) is 24.3 Å². The Bertz CT molecular complexity index is 239. The monoisotopic (exact) mass is 182 g/mol. The van der Waals surface area contributed by atoms with Gasteiger partial charge in [0.05, 0.1) is 0 Å². The van der Waals surface area contributed by atoms with E-state index in [9.17, 15) is 0 Å². The molecule has 0 spiro atoms. The van der Waals surface area contributed by atoms with Gasteiger partial charge in [-0.2, -0.15) is 0 Å². The van der Waals surface area contributed by atoms with Gasteiger partial charge in [0.25, 0.3) is 0 Å². The Morgan fingerprint density at radius 2 is 1.92 bits per heavy atom. The summed E-state index contributed by atoms with van der Waals surface area (Å²) in [4.78, 5) is 0. The molecule has 13 heavy (non-hydrogen) atoms. The van der Waals surface area contributed by atoms with Gasteiger partial charge in [0.15, 0.2) is 6.29 Å². The second kappa shape index (κ2) is 4.72. The van der Waals surface area contributed by atoms with Gasteiger partial charge in [-0.15, -0.1) is 0 Å². The third-order valence-corrected chi connectivity index (χ3v) is 1.70. The van der Waals surface area contributed by atoms with Crippen molar-refractivity contribution < 1.29 is 14.6 Å². The fourth-order valence-corrected chi connectivity index (χ4v) is 0.975. The Hall–Kier alpha value is -1.22. The standard InChI is InChI=1S/C10H14O3/c1-3-10(12-2)13-9-6-4-8(11)5-7-9/h4-7,10-11H,3H2,1-2H3/t10-/m1/s1. The molecule has 1 aromatic carbocycles. The van der Waals surface area contributed by atoms with Crippen molar-refractivity contribution in [3.63, 3.8) is 0 Å². The van der Waals surface area contributed by atoms with E-state index in [1.54, 1.807) is 31.4 Å². The molecule has 3 nitrogen and oxygen atoms in total. The highest BCUT2D eigenvalue weighted by atomic mass is 16.7. The summed E-state index contributed by atoms with van der Waals surface area (Å²) in [6, 6.07) is 6.57. The smallest absolute Gasteiger partial charge is 0.199 e. The van der Waals surface area contributed by atoms with E-state index in [1.807, 2.05) is 6.92 Å². The number of aromatic hydroxyl groups is 1. The van der Waals surface area contributed by atoms with E-state index in [-0.39, 0.29) is 12.0 Å². The third-order valence-electron chi connectivity index (χ3n) is 1.70. The molecule has 0 aliphatic carbocycles. The Morgan fingerprint density at radius 3 is 2.38 bits per heavy atom. The van der Waals surface area contributed by atoms with Crippen molar-refractivity contribution in [1.29, 1.82) is 0 Å². The molecule has 0 heterocycles. The molecule has 1 rings (SSSR count). The predicted molar refractivity (Wildman–Crippen MR) is 49.8 cm³/mol. The van der Waals surface area contributed by atoms with Gasteiger partial charge in [-0.05, 0) is 24.3 Å². The highest BCUT2D eigenvalue weighted by Crippen LogP contribution is 2.17. The lowest BCUT2D eigenvalue weighted by atomic mass is 10.3. The third kappa shape index (κ3) is 2.95. The lowest BCUT2D eigenvalue weighted by Crippen LogP contribution is -2.17. The van der Waals surface area contributed by atoms with Crippen LogP contribution in [-0.2, 0) is 4.74 Å². The molecule has 1 aromatic rings. The van der Waals surface area contributed by atoms with Crippen molar-refractivity contribution in [2.45, 2.75) is 19.6 Å². The highest BCUT2D eigenvalue weighted by molar-refractivity contribution is 5.30. The summed E-state index contributed by atoms with van der Waals surface area (Å²) >= 11 is 0. The molecule has 0 amide bonds. The first-order valence-electron chi connectivity index (χ1n) is 4.24. The molecule has 0 bridgehead atoms. The normalized spacial score (nSPS) is 12.5. The van der Waals surface area contributed by atoms with Crippen molar-refractivity contribution in [2.24, 2.45) is 0 Å². The van der Waals surface area contributed by atoms with Gasteiger partial charge in [0.2, 0.25) is 0 Å². The van der Waals surface area contributed by atoms with E-state index < -0.39 is 0 Å². The average molecular weight is 182 g/mol. The number of benzene rings is 1. The van der Waals surface area contributed by atoms with Crippen LogP contribution < -0.4 is 4.74 Å². The molecule has 3 heteroatoms. The van der Waals surface area contributed by atoms with Crippen molar-refractivity contribution in [3.8, 4) is 11.5 Å². The first-order valence-corrected chi connectivity index (χ1v) is 4.24. The lowest BCUT2D eigenvalue weighted by molar-refractivity contribution is -0.0548. The van der Waals surface area contributed by atoms with Gasteiger partial charge in [0.1, 0.15) is 11.5 Å². The minimum atomic E-state index is -0.218. The zero-order valence-electron chi connectivity index (χ0n) is 7.86. The molecule has 0 aliphatic rings. The SMILES string of the molecule is CC[C@H](OC)Oc1ccc(O)cc1. The van der Waals surface area contributed by atoms with Crippen molar-refractivity contribution in [1.82, 2.24) is 0 Å². The number of rotatable bonds is 4. The number of phenols is 1. The topological polar surface area (TPSA) is 38.7 Å². The maximum absolute atomic E-state index is 9.02. The molecule has 0 fully saturated rings. The van der Waals surface area contributed by atoms with Crippen LogP contribution in [-0.4, -0.2) is 18.5 Å². The largest absolute Gasteiger partial charge is 0.508 e. The molecule has 0 aromatic heterocycles. The molecule has 0 saturated carbocycles. The summed E-state index contributed by atoms with van der Waals surface area (Å²) in [6.07, 6.45) is 0.571. The van der Waals surface area contributed by atoms with Crippen LogP contribution in [0.25, 0.3) is 0 Å². The van der Waals surface area contributed by atoms with Gasteiger partial charge in [-0.1, -0.05) is 6.92 Å². The van der Waals surface area contributed by atoms with E-state index >= 15 is 0 Å². The van der Waals surface area contributed by atoms with Crippen LogP contribution in [0.3, 0.4) is 0 Å². The Morgan fingerprint density at radius 1 is 1.31 bits per heavy atom. The first-order chi connectivity index (χ1) is 6.26. The maximum atomic E-state index is 9.02. The molecule has 1 atom stereocenters. The minimum absolute atomic E-state index is 0.218. The van der Waals surface area contributed by atoms with Gasteiger partial charge < -0.3 is 14.6 Å². The van der Waals surface area contributed by atoms with E-state index in [0.29, 0.717) is 5.75 Å². The number of phenolic OH excluding ortho intramolecular Hbond substituents is 1. The highest BCUT2D eigenvalue weighted by Gasteiger charge is 2.04. The van der Waals surface area contributed by atoms with Gasteiger partial charge in [0, 0.05) is 13.5 Å². The van der Waals surface area contributed by atoms with Crippen LogP contribution in [0.4, 0.5) is 0 Å². The second-order valence-electron chi connectivity index (χ2n) is 2.69. The first kappa shape index (κ1) is 9.86. The minimum Gasteiger partial charge on any atom is -0.508 e. The summed E-state index contributed by atoms with van der Waals surface area (Å²) < 4.78 is 10.5. The molecule has 0 radical (unpaired) electrons. The lowest BCUT2D eigenvalue weighted by Gasteiger charge is -2.15. The fourth-order valence-electron chi connectivity index (χ4n) is 0.975. The molecule has 0 saturated heterocycles. The van der Waals surface area contributed by atoms with Crippen LogP contribution >= 0.6 is 0 Å². The maximum Gasteiger partial charge on any atom is 0.199 e. The van der Waals surface area contributed by atoms with E-state index in [0.717, 1.165) is 6.42 Å². The van der Waals surface area contributed by atoms with Crippen molar-refractivity contribution in [2.75, 3.05) is 7.11 Å². The van der Waals surface area contributed by atoms with E-state index in [4.69, 9.17) is 14.6 Å². The number of ether oxygens (including phenoxy) is 2. The molecule has 0 unspecified atom stereocenters. The van der Waals surface area contributed by atoms with Gasteiger partial charge in [-0.3, -0.25) is 0 Å². The van der Waals surface area contributed by atoms with Crippen LogP contribution in [0.1, 0.15) is 13.3 Å². The Labute approximate surface area is 77.9 Å². The molecular formula is C10H14O3. The zero-order valence-corrected chi connectivity index (χ0v) is 7.86.